The Kier molecular flexibility index (Phi) is 6.80. The summed E-state index contributed by atoms with van der Waals surface area (Å²) in [5.41, 5.74) is 1.68. The molecule has 1 unspecified atom stereocenters. The Hall–Kier alpha value is -1.05. The van der Waals surface area contributed by atoms with Crippen molar-refractivity contribution in [2.45, 2.75) is 61.5 Å². The summed E-state index contributed by atoms with van der Waals surface area (Å²) in [5, 5.41) is 21.7. The Labute approximate surface area is 191 Å². The van der Waals surface area contributed by atoms with Crippen LogP contribution >= 0.6 is 35.0 Å². The summed E-state index contributed by atoms with van der Waals surface area (Å²) in [5.74, 6) is 0.684. The van der Waals surface area contributed by atoms with E-state index in [-0.39, 0.29) is 0 Å². The number of nitrogens with zero attached hydrogens (tertiary/aromatic N) is 3. The molecule has 1 aromatic carbocycles. The van der Waals surface area contributed by atoms with Gasteiger partial charge in [-0.15, -0.1) is 0 Å². The first-order valence-electron chi connectivity index (χ1n) is 10.5. The highest BCUT2D eigenvalue weighted by Gasteiger charge is 2.38. The van der Waals surface area contributed by atoms with Gasteiger partial charge in [-0.1, -0.05) is 53.9 Å². The molecule has 8 heteroatoms. The summed E-state index contributed by atoms with van der Waals surface area (Å²) >= 11 is 13.8. The zero-order valence-corrected chi connectivity index (χ0v) is 19.4. The van der Waals surface area contributed by atoms with Crippen molar-refractivity contribution in [3.8, 4) is 0 Å². The van der Waals surface area contributed by atoms with Gasteiger partial charge in [0.25, 0.3) is 0 Å². The van der Waals surface area contributed by atoms with Crippen molar-refractivity contribution in [2.75, 3.05) is 24.6 Å². The fourth-order valence-electron chi connectivity index (χ4n) is 4.63. The molecule has 2 N–H and O–H groups in total. The molecule has 1 saturated carbocycles. The molecule has 0 amide bonds. The van der Waals surface area contributed by atoms with Crippen LogP contribution in [0.15, 0.2) is 28.1 Å². The molecule has 1 saturated heterocycles. The molecule has 2 heterocycles. The number of anilines is 1. The molecule has 2 aromatic rings. The minimum atomic E-state index is -1.08. The Morgan fingerprint density at radius 3 is 2.50 bits per heavy atom. The Morgan fingerprint density at radius 2 is 1.83 bits per heavy atom. The predicted molar refractivity (Wildman–Crippen MR) is 122 cm³/mol. The summed E-state index contributed by atoms with van der Waals surface area (Å²) in [4.78, 5) is 12.5. The Balaban J connectivity index is 1.63. The number of aryl methyl sites for hydroxylation is 1. The fraction of sp³-hybridized carbons (Fsp3) is 0.545. The van der Waals surface area contributed by atoms with Crippen molar-refractivity contribution < 1.29 is 10.2 Å². The van der Waals surface area contributed by atoms with Gasteiger partial charge in [-0.2, -0.15) is 0 Å². The molecule has 1 aromatic heterocycles. The van der Waals surface area contributed by atoms with Gasteiger partial charge in [0.05, 0.1) is 22.3 Å². The van der Waals surface area contributed by atoms with Gasteiger partial charge < -0.3 is 15.1 Å². The first kappa shape index (κ1) is 22.2. The first-order chi connectivity index (χ1) is 14.4. The molecule has 4 rings (SSSR count). The standard InChI is InChI=1S/C22H27Cl2N3O2S/c1-14-21(30-17-6-4-5-15(23)18(17)24)26-19(16(29)13-28)20(25-14)27-11-9-22(10-12-27)7-2-3-8-22/h4-6,16,28-29H,2-3,7-13H2,1H3. The molecular formula is C22H27Cl2N3O2S. The minimum absolute atomic E-state index is 0.398. The number of aromatic nitrogens is 2. The third-order valence-electron chi connectivity index (χ3n) is 6.43. The van der Waals surface area contributed by atoms with Gasteiger partial charge in [0, 0.05) is 18.0 Å². The first-order valence-corrected chi connectivity index (χ1v) is 12.0. The second kappa shape index (κ2) is 9.21. The van der Waals surface area contributed by atoms with Crippen molar-refractivity contribution in [3.63, 3.8) is 0 Å². The van der Waals surface area contributed by atoms with E-state index in [0.717, 1.165) is 36.5 Å². The summed E-state index contributed by atoms with van der Waals surface area (Å²) in [6, 6.07) is 5.45. The van der Waals surface area contributed by atoms with E-state index in [2.05, 4.69) is 4.90 Å². The lowest BCUT2D eigenvalue weighted by atomic mass is 9.77. The summed E-state index contributed by atoms with van der Waals surface area (Å²) in [6.45, 7) is 3.33. The van der Waals surface area contributed by atoms with Crippen molar-refractivity contribution in [2.24, 2.45) is 5.41 Å². The molecule has 1 atom stereocenters. The molecule has 0 radical (unpaired) electrons. The molecule has 5 nitrogen and oxygen atoms in total. The number of hydrogen-bond donors (Lipinski definition) is 2. The lowest BCUT2D eigenvalue weighted by molar-refractivity contribution is 0.0915. The van der Waals surface area contributed by atoms with E-state index in [9.17, 15) is 10.2 Å². The average molecular weight is 468 g/mol. The van der Waals surface area contributed by atoms with Crippen LogP contribution < -0.4 is 4.90 Å². The van der Waals surface area contributed by atoms with Crippen molar-refractivity contribution >= 4 is 40.8 Å². The Morgan fingerprint density at radius 1 is 1.13 bits per heavy atom. The van der Waals surface area contributed by atoms with Crippen LogP contribution in [0, 0.1) is 12.3 Å². The van der Waals surface area contributed by atoms with Crippen LogP contribution in [-0.2, 0) is 0 Å². The van der Waals surface area contributed by atoms with Crippen LogP contribution in [0.2, 0.25) is 10.0 Å². The van der Waals surface area contributed by atoms with Gasteiger partial charge in [-0.05, 0) is 50.2 Å². The molecule has 2 fully saturated rings. The lowest BCUT2D eigenvalue weighted by Gasteiger charge is -2.40. The van der Waals surface area contributed by atoms with E-state index >= 15 is 0 Å². The number of halogens is 2. The quantitative estimate of drug-likeness (QED) is 0.610. The third kappa shape index (κ3) is 4.44. The van der Waals surface area contributed by atoms with Crippen LogP contribution in [0.1, 0.15) is 56.0 Å². The highest BCUT2D eigenvalue weighted by molar-refractivity contribution is 7.99. The molecule has 30 heavy (non-hydrogen) atoms. The normalized spacial score (nSPS) is 19.4. The molecular weight excluding hydrogens is 441 g/mol. The number of piperidine rings is 1. The largest absolute Gasteiger partial charge is 0.393 e. The van der Waals surface area contributed by atoms with Crippen LogP contribution in [0.3, 0.4) is 0 Å². The van der Waals surface area contributed by atoms with Gasteiger partial charge >= 0.3 is 0 Å². The predicted octanol–water partition coefficient (Wildman–Crippen LogP) is 5.43. The van der Waals surface area contributed by atoms with E-state index in [1.54, 1.807) is 6.07 Å². The third-order valence-corrected chi connectivity index (χ3v) is 8.50. The van der Waals surface area contributed by atoms with E-state index in [4.69, 9.17) is 33.2 Å². The second-order valence-corrected chi connectivity index (χ2v) is 10.2. The topological polar surface area (TPSA) is 69.5 Å². The number of benzene rings is 1. The maximum Gasteiger partial charge on any atom is 0.153 e. The fourth-order valence-corrected chi connectivity index (χ4v) is 5.99. The van der Waals surface area contributed by atoms with E-state index < -0.39 is 12.7 Å². The van der Waals surface area contributed by atoms with Gasteiger partial charge in [0.1, 0.15) is 16.8 Å². The van der Waals surface area contributed by atoms with Crippen LogP contribution in [-0.4, -0.2) is 39.9 Å². The van der Waals surface area contributed by atoms with E-state index in [1.807, 2.05) is 19.1 Å². The smallest absolute Gasteiger partial charge is 0.153 e. The SMILES string of the molecule is Cc1nc(N2CCC3(CCCC3)CC2)c(C(O)CO)nc1Sc1cccc(Cl)c1Cl. The highest BCUT2D eigenvalue weighted by Crippen LogP contribution is 2.47. The zero-order valence-electron chi connectivity index (χ0n) is 17.1. The zero-order chi connectivity index (χ0) is 21.3. The van der Waals surface area contributed by atoms with Crippen molar-refractivity contribution in [1.29, 1.82) is 0 Å². The van der Waals surface area contributed by atoms with Crippen LogP contribution in [0.4, 0.5) is 5.82 Å². The van der Waals surface area contributed by atoms with E-state index in [1.165, 1.54) is 37.4 Å². The number of rotatable bonds is 5. The van der Waals surface area contributed by atoms with Crippen molar-refractivity contribution in [3.05, 3.63) is 39.6 Å². The molecule has 2 aliphatic rings. The number of aliphatic hydroxyl groups is 2. The maximum atomic E-state index is 10.5. The number of aliphatic hydroxyl groups excluding tert-OH is 2. The lowest BCUT2D eigenvalue weighted by Crippen LogP contribution is -2.40. The molecule has 0 bridgehead atoms. The Bertz CT molecular complexity index is 911. The van der Waals surface area contributed by atoms with Gasteiger partial charge in [-0.3, -0.25) is 0 Å². The van der Waals surface area contributed by atoms with E-state index in [0.29, 0.717) is 32.0 Å². The van der Waals surface area contributed by atoms with Crippen molar-refractivity contribution in [1.82, 2.24) is 9.97 Å². The summed E-state index contributed by atoms with van der Waals surface area (Å²) in [7, 11) is 0. The summed E-state index contributed by atoms with van der Waals surface area (Å²) in [6.07, 6.45) is 6.55. The molecule has 1 aliphatic carbocycles. The maximum absolute atomic E-state index is 10.5. The number of hydrogen-bond acceptors (Lipinski definition) is 6. The molecule has 162 valence electrons. The molecule has 1 spiro atoms. The minimum Gasteiger partial charge on any atom is -0.393 e. The van der Waals surface area contributed by atoms with Gasteiger partial charge in [-0.25, -0.2) is 9.97 Å². The monoisotopic (exact) mass is 467 g/mol. The van der Waals surface area contributed by atoms with Crippen LogP contribution in [0.25, 0.3) is 0 Å². The van der Waals surface area contributed by atoms with Gasteiger partial charge in [0.2, 0.25) is 0 Å². The highest BCUT2D eigenvalue weighted by atomic mass is 35.5. The van der Waals surface area contributed by atoms with Crippen LogP contribution in [0.5, 0.6) is 0 Å². The van der Waals surface area contributed by atoms with Gasteiger partial charge in [0.15, 0.2) is 5.82 Å². The summed E-state index contributed by atoms with van der Waals surface area (Å²) < 4.78 is 0. The second-order valence-electron chi connectivity index (χ2n) is 8.37. The molecule has 1 aliphatic heterocycles. The average Bonchev–Trinajstić information content (AvgIpc) is 3.20.